The van der Waals surface area contributed by atoms with Gasteiger partial charge in [-0.15, -0.1) is 0 Å². The third-order valence-electron chi connectivity index (χ3n) is 7.04. The van der Waals surface area contributed by atoms with Crippen LogP contribution in [0.25, 0.3) is 0 Å². The molecule has 1 fully saturated rings. The van der Waals surface area contributed by atoms with Gasteiger partial charge in [-0.3, -0.25) is 4.31 Å². The molecule has 0 bridgehead atoms. The normalized spacial score (nSPS) is 26.1. The number of likely N-dealkylation sites (tertiary alicyclic amines) is 1. The maximum atomic E-state index is 13.9. The molecule has 0 aromatic heterocycles. The lowest BCUT2D eigenvalue weighted by Gasteiger charge is -2.42. The van der Waals surface area contributed by atoms with Crippen molar-refractivity contribution in [3.05, 3.63) is 71.8 Å². The van der Waals surface area contributed by atoms with Gasteiger partial charge in [-0.2, -0.15) is 0 Å². The van der Waals surface area contributed by atoms with E-state index >= 15 is 0 Å². The highest BCUT2D eigenvalue weighted by atomic mass is 32.2. The number of aryl methyl sites for hydroxylation is 1. The second-order valence-corrected chi connectivity index (χ2v) is 12.0. The van der Waals surface area contributed by atoms with E-state index in [9.17, 15) is 13.2 Å². The van der Waals surface area contributed by atoms with Crippen molar-refractivity contribution in [1.29, 1.82) is 0 Å². The SMILES string of the molecule is Cc1ccc(S(=O)(=O)N2c3ccccc3[C@]34CCN(C(=O)OC(C)(C)C)[C@H]3CC=C[C@H]24)cc1. The van der Waals surface area contributed by atoms with Crippen LogP contribution in [0.2, 0.25) is 0 Å². The van der Waals surface area contributed by atoms with E-state index in [2.05, 4.69) is 0 Å². The number of carbonyl (C=O) groups excluding carboxylic acids is 1. The monoisotopic (exact) mass is 466 g/mol. The summed E-state index contributed by atoms with van der Waals surface area (Å²) >= 11 is 0. The quantitative estimate of drug-likeness (QED) is 0.598. The topological polar surface area (TPSA) is 66.9 Å². The van der Waals surface area contributed by atoms with Crippen LogP contribution in [0.5, 0.6) is 0 Å². The van der Waals surface area contributed by atoms with E-state index < -0.39 is 27.1 Å². The molecule has 2 aromatic carbocycles. The average Bonchev–Trinajstić information content (AvgIpc) is 3.28. The van der Waals surface area contributed by atoms with Gasteiger partial charge in [0.1, 0.15) is 5.60 Å². The predicted molar refractivity (Wildman–Crippen MR) is 128 cm³/mol. The first-order valence-corrected chi connectivity index (χ1v) is 12.9. The summed E-state index contributed by atoms with van der Waals surface area (Å²) in [6.07, 6.45) is 5.04. The van der Waals surface area contributed by atoms with E-state index in [1.165, 1.54) is 0 Å². The Hall–Kier alpha value is -2.80. The summed E-state index contributed by atoms with van der Waals surface area (Å²) < 4.78 is 35.2. The minimum Gasteiger partial charge on any atom is -0.444 e. The van der Waals surface area contributed by atoms with Crippen molar-refractivity contribution in [2.24, 2.45) is 0 Å². The third kappa shape index (κ3) is 3.28. The van der Waals surface area contributed by atoms with Crippen LogP contribution < -0.4 is 4.31 Å². The van der Waals surface area contributed by atoms with Crippen LogP contribution >= 0.6 is 0 Å². The second-order valence-electron chi connectivity index (χ2n) is 10.2. The Morgan fingerprint density at radius 2 is 1.79 bits per heavy atom. The van der Waals surface area contributed by atoms with Crippen molar-refractivity contribution >= 4 is 21.8 Å². The Bertz CT molecular complexity index is 1230. The number of anilines is 1. The predicted octanol–water partition coefficient (Wildman–Crippen LogP) is 4.78. The highest BCUT2D eigenvalue weighted by Gasteiger charge is 2.63. The standard InChI is InChI=1S/C26H30N2O4S/c1-18-12-14-19(15-13-18)33(30,31)28-21-9-6-5-8-20(21)26-16-17-27(24(29)32-25(2,3)4)22(26)10-7-11-23(26)28/h5-9,11-15,22-23H,10,16-17H2,1-4H3/t22-,23-,26+/m0/s1. The molecule has 1 saturated heterocycles. The lowest BCUT2D eigenvalue weighted by atomic mass is 9.67. The van der Waals surface area contributed by atoms with Crippen molar-refractivity contribution in [2.75, 3.05) is 10.8 Å². The van der Waals surface area contributed by atoms with Crippen LogP contribution in [-0.4, -0.2) is 43.6 Å². The number of nitrogens with zero attached hydrogens (tertiary/aromatic N) is 2. The smallest absolute Gasteiger partial charge is 0.410 e. The van der Waals surface area contributed by atoms with E-state index in [4.69, 9.17) is 4.74 Å². The van der Waals surface area contributed by atoms with Gasteiger partial charge in [0.2, 0.25) is 0 Å². The number of ether oxygens (including phenoxy) is 1. The molecule has 0 unspecified atom stereocenters. The molecule has 3 aliphatic rings. The molecule has 1 amide bonds. The Kier molecular flexibility index (Phi) is 4.90. The molecule has 3 atom stereocenters. The van der Waals surface area contributed by atoms with E-state index in [1.54, 1.807) is 21.3 Å². The van der Waals surface area contributed by atoms with E-state index in [0.717, 1.165) is 11.1 Å². The van der Waals surface area contributed by atoms with Crippen LogP contribution in [0, 0.1) is 6.92 Å². The number of para-hydroxylation sites is 1. The molecule has 2 heterocycles. The molecule has 1 spiro atoms. The number of carbonyl (C=O) groups is 1. The number of fused-ring (bicyclic) bond motifs is 1. The molecule has 1 aliphatic carbocycles. The van der Waals surface area contributed by atoms with Gasteiger partial charge in [-0.1, -0.05) is 48.0 Å². The summed E-state index contributed by atoms with van der Waals surface area (Å²) in [6.45, 7) is 8.06. The molecule has 174 valence electrons. The average molecular weight is 467 g/mol. The fourth-order valence-electron chi connectivity index (χ4n) is 5.71. The molecule has 0 radical (unpaired) electrons. The molecule has 33 heavy (non-hydrogen) atoms. The Morgan fingerprint density at radius 1 is 1.09 bits per heavy atom. The Morgan fingerprint density at radius 3 is 2.48 bits per heavy atom. The van der Waals surface area contributed by atoms with Crippen molar-refractivity contribution in [3.8, 4) is 0 Å². The molecule has 0 N–H and O–H groups in total. The summed E-state index contributed by atoms with van der Waals surface area (Å²) in [4.78, 5) is 15.2. The fourth-order valence-corrected chi connectivity index (χ4v) is 7.39. The van der Waals surface area contributed by atoms with Crippen molar-refractivity contribution < 1.29 is 17.9 Å². The van der Waals surface area contributed by atoms with Gasteiger partial charge in [-0.25, -0.2) is 13.2 Å². The highest BCUT2D eigenvalue weighted by Crippen LogP contribution is 2.57. The highest BCUT2D eigenvalue weighted by molar-refractivity contribution is 7.93. The number of benzene rings is 2. The van der Waals surface area contributed by atoms with Gasteiger partial charge >= 0.3 is 6.09 Å². The first-order valence-electron chi connectivity index (χ1n) is 11.4. The number of hydrogen-bond donors (Lipinski definition) is 0. The number of hydrogen-bond acceptors (Lipinski definition) is 4. The van der Waals surface area contributed by atoms with Crippen molar-refractivity contribution in [2.45, 2.75) is 68.5 Å². The second kappa shape index (κ2) is 7.35. The molecule has 2 aliphatic heterocycles. The summed E-state index contributed by atoms with van der Waals surface area (Å²) in [6, 6.07) is 14.2. The van der Waals surface area contributed by atoms with Crippen LogP contribution in [0.1, 0.15) is 44.7 Å². The number of amides is 1. The minimum atomic E-state index is -3.80. The van der Waals surface area contributed by atoms with Crippen molar-refractivity contribution in [3.63, 3.8) is 0 Å². The van der Waals surface area contributed by atoms with Gasteiger partial charge in [0.15, 0.2) is 0 Å². The van der Waals surface area contributed by atoms with Gasteiger partial charge in [0.25, 0.3) is 10.0 Å². The lowest BCUT2D eigenvalue weighted by Crippen LogP contribution is -2.55. The molecule has 7 heteroatoms. The molecular formula is C26H30N2O4S. The maximum absolute atomic E-state index is 13.9. The van der Waals surface area contributed by atoms with Crippen LogP contribution in [0.4, 0.5) is 10.5 Å². The van der Waals surface area contributed by atoms with Gasteiger partial charge in [0.05, 0.1) is 22.7 Å². The lowest BCUT2D eigenvalue weighted by molar-refractivity contribution is 0.0193. The summed E-state index contributed by atoms with van der Waals surface area (Å²) in [7, 11) is -3.80. The Balaban J connectivity index is 1.62. The van der Waals surface area contributed by atoms with Gasteiger partial charge in [-0.05, 0) is 64.3 Å². The minimum absolute atomic E-state index is 0.165. The molecule has 5 rings (SSSR count). The van der Waals surface area contributed by atoms with E-state index in [0.29, 0.717) is 25.1 Å². The van der Waals surface area contributed by atoms with Crippen LogP contribution in [0.15, 0.2) is 65.6 Å². The zero-order valence-corrected chi connectivity index (χ0v) is 20.3. The zero-order chi connectivity index (χ0) is 23.6. The molecule has 0 saturated carbocycles. The van der Waals surface area contributed by atoms with Gasteiger partial charge in [0, 0.05) is 12.0 Å². The third-order valence-corrected chi connectivity index (χ3v) is 8.85. The Labute approximate surface area is 195 Å². The summed E-state index contributed by atoms with van der Waals surface area (Å²) in [5.74, 6) is 0. The van der Waals surface area contributed by atoms with E-state index in [1.807, 2.05) is 76.2 Å². The van der Waals surface area contributed by atoms with E-state index in [-0.39, 0.29) is 17.0 Å². The summed E-state index contributed by atoms with van der Waals surface area (Å²) in [5, 5.41) is 0. The largest absolute Gasteiger partial charge is 0.444 e. The molecule has 6 nitrogen and oxygen atoms in total. The van der Waals surface area contributed by atoms with Gasteiger partial charge < -0.3 is 9.64 Å². The first-order chi connectivity index (χ1) is 15.6. The molecular weight excluding hydrogens is 436 g/mol. The maximum Gasteiger partial charge on any atom is 0.410 e. The van der Waals surface area contributed by atoms with Crippen molar-refractivity contribution in [1.82, 2.24) is 4.90 Å². The number of sulfonamides is 1. The summed E-state index contributed by atoms with van der Waals surface area (Å²) in [5.41, 5.74) is 1.61. The molecule has 2 aromatic rings. The fraction of sp³-hybridized carbons (Fsp3) is 0.423. The first kappa shape index (κ1) is 22.0. The zero-order valence-electron chi connectivity index (χ0n) is 19.5. The van der Waals surface area contributed by atoms with Crippen LogP contribution in [-0.2, 0) is 20.2 Å². The van der Waals surface area contributed by atoms with Crippen LogP contribution in [0.3, 0.4) is 0 Å². The number of rotatable bonds is 2.